The van der Waals surface area contributed by atoms with E-state index in [0.29, 0.717) is 11.5 Å². The molecule has 128 valence electrons. The van der Waals surface area contributed by atoms with Crippen molar-refractivity contribution in [2.75, 3.05) is 4.72 Å². The number of benzene rings is 3. The molecule has 25 heavy (non-hydrogen) atoms. The first kappa shape index (κ1) is 17.0. The molecule has 0 bridgehead atoms. The van der Waals surface area contributed by atoms with E-state index in [9.17, 15) is 12.8 Å². The predicted octanol–water partition coefficient (Wildman–Crippen LogP) is 4.73. The molecule has 1 N–H and O–H groups in total. The van der Waals surface area contributed by atoms with Gasteiger partial charge in [-0.3, -0.25) is 4.72 Å². The van der Waals surface area contributed by atoms with Crippen molar-refractivity contribution in [2.45, 2.75) is 11.8 Å². The molecule has 0 aliphatic rings. The van der Waals surface area contributed by atoms with Crippen LogP contribution < -0.4 is 9.46 Å². The average Bonchev–Trinajstić information content (AvgIpc) is 2.59. The zero-order valence-electron chi connectivity index (χ0n) is 13.4. The number of hydrogen-bond acceptors (Lipinski definition) is 3. The lowest BCUT2D eigenvalue weighted by molar-refractivity contribution is 0.478. The minimum Gasteiger partial charge on any atom is -0.457 e. The lowest BCUT2D eigenvalue weighted by Crippen LogP contribution is -2.13. The summed E-state index contributed by atoms with van der Waals surface area (Å²) >= 11 is 0. The van der Waals surface area contributed by atoms with Crippen LogP contribution in [0.5, 0.6) is 11.5 Å². The Bertz CT molecular complexity index is 986. The molecule has 0 unspecified atom stereocenters. The Morgan fingerprint density at radius 2 is 1.52 bits per heavy atom. The summed E-state index contributed by atoms with van der Waals surface area (Å²) in [5.41, 5.74) is 0.878. The Kier molecular flexibility index (Phi) is 4.72. The normalized spacial score (nSPS) is 11.1. The monoisotopic (exact) mass is 357 g/mol. The molecule has 0 spiro atoms. The molecule has 0 fully saturated rings. The van der Waals surface area contributed by atoms with Crippen molar-refractivity contribution in [3.05, 3.63) is 84.2 Å². The fraction of sp³-hybridized carbons (Fsp3) is 0.0526. The minimum absolute atomic E-state index is 0.0212. The molecule has 0 saturated carbocycles. The Hall–Kier alpha value is -2.86. The first-order valence-corrected chi connectivity index (χ1v) is 9.05. The topological polar surface area (TPSA) is 55.4 Å². The van der Waals surface area contributed by atoms with Crippen LogP contribution in [0.4, 0.5) is 10.1 Å². The van der Waals surface area contributed by atoms with Gasteiger partial charge in [0.1, 0.15) is 17.3 Å². The van der Waals surface area contributed by atoms with Crippen molar-refractivity contribution in [1.29, 1.82) is 0 Å². The van der Waals surface area contributed by atoms with E-state index in [4.69, 9.17) is 4.74 Å². The summed E-state index contributed by atoms with van der Waals surface area (Å²) in [4.78, 5) is 0.0212. The van der Waals surface area contributed by atoms with Crippen LogP contribution in [0.1, 0.15) is 5.56 Å². The number of ether oxygens (including phenoxy) is 1. The first-order valence-electron chi connectivity index (χ1n) is 7.56. The van der Waals surface area contributed by atoms with Gasteiger partial charge in [0, 0.05) is 0 Å². The van der Waals surface area contributed by atoms with Gasteiger partial charge in [0.2, 0.25) is 0 Å². The highest BCUT2D eigenvalue weighted by Crippen LogP contribution is 2.26. The number of halogens is 1. The molecule has 0 radical (unpaired) electrons. The maximum absolute atomic E-state index is 13.6. The summed E-state index contributed by atoms with van der Waals surface area (Å²) < 4.78 is 46.3. The molecule has 0 amide bonds. The summed E-state index contributed by atoms with van der Waals surface area (Å²) in [6.45, 7) is 1.92. The molecular formula is C19H16FNO3S. The fourth-order valence-electron chi connectivity index (χ4n) is 2.23. The van der Waals surface area contributed by atoms with Gasteiger partial charge in [-0.2, -0.15) is 0 Å². The van der Waals surface area contributed by atoms with Gasteiger partial charge in [-0.25, -0.2) is 12.8 Å². The van der Waals surface area contributed by atoms with Crippen LogP contribution in [0, 0.1) is 12.7 Å². The largest absolute Gasteiger partial charge is 0.457 e. The second-order valence-electron chi connectivity index (χ2n) is 5.42. The quantitative estimate of drug-likeness (QED) is 0.718. The standard InChI is InChI=1S/C19H16FNO3S/c1-14-6-2-5-9-19(14)24-15-10-12-16(13-11-15)25(22,23)21-18-8-4-3-7-17(18)20/h2-13,21H,1H3. The summed E-state index contributed by atoms with van der Waals surface area (Å²) in [6, 6.07) is 19.1. The van der Waals surface area contributed by atoms with Gasteiger partial charge in [0.25, 0.3) is 10.0 Å². The summed E-state index contributed by atoms with van der Waals surface area (Å²) in [5.74, 6) is 0.576. The van der Waals surface area contributed by atoms with Crippen LogP contribution in [0.25, 0.3) is 0 Å². The summed E-state index contributed by atoms with van der Waals surface area (Å²) in [5, 5.41) is 0. The second-order valence-corrected chi connectivity index (χ2v) is 7.11. The molecule has 0 aliphatic heterocycles. The van der Waals surface area contributed by atoms with E-state index in [1.165, 1.54) is 30.3 Å². The molecule has 0 aromatic heterocycles. The van der Waals surface area contributed by atoms with Crippen molar-refractivity contribution >= 4 is 15.7 Å². The van der Waals surface area contributed by atoms with E-state index >= 15 is 0 Å². The molecule has 4 nitrogen and oxygen atoms in total. The fourth-order valence-corrected chi connectivity index (χ4v) is 3.30. The van der Waals surface area contributed by atoms with E-state index in [0.717, 1.165) is 5.56 Å². The highest BCUT2D eigenvalue weighted by molar-refractivity contribution is 7.92. The third-order valence-electron chi connectivity index (χ3n) is 3.57. The van der Waals surface area contributed by atoms with Crippen LogP contribution in [-0.2, 0) is 10.0 Å². The number of sulfonamides is 1. The van der Waals surface area contributed by atoms with Gasteiger partial charge in [0.05, 0.1) is 10.6 Å². The van der Waals surface area contributed by atoms with Gasteiger partial charge in [-0.15, -0.1) is 0 Å². The third-order valence-corrected chi connectivity index (χ3v) is 4.96. The zero-order valence-corrected chi connectivity index (χ0v) is 14.3. The Morgan fingerprint density at radius 3 is 2.20 bits per heavy atom. The maximum atomic E-state index is 13.6. The molecule has 3 aromatic rings. The molecule has 0 aliphatic carbocycles. The predicted molar refractivity (Wildman–Crippen MR) is 94.9 cm³/mol. The van der Waals surface area contributed by atoms with E-state index < -0.39 is 15.8 Å². The summed E-state index contributed by atoms with van der Waals surface area (Å²) in [7, 11) is -3.88. The second kappa shape index (κ2) is 6.94. The molecule has 0 heterocycles. The van der Waals surface area contributed by atoms with E-state index in [1.807, 2.05) is 31.2 Å². The van der Waals surface area contributed by atoms with Crippen molar-refractivity contribution in [3.63, 3.8) is 0 Å². The summed E-state index contributed by atoms with van der Waals surface area (Å²) in [6.07, 6.45) is 0. The highest BCUT2D eigenvalue weighted by atomic mass is 32.2. The average molecular weight is 357 g/mol. The van der Waals surface area contributed by atoms with Gasteiger partial charge < -0.3 is 4.74 Å². The molecule has 3 rings (SSSR count). The first-order chi connectivity index (χ1) is 12.0. The van der Waals surface area contributed by atoms with Gasteiger partial charge in [-0.05, 0) is 55.0 Å². The lowest BCUT2D eigenvalue weighted by Gasteiger charge is -2.11. The number of anilines is 1. The Labute approximate surface area is 146 Å². The number of aryl methyl sites for hydroxylation is 1. The molecule has 0 atom stereocenters. The lowest BCUT2D eigenvalue weighted by atomic mass is 10.2. The number of nitrogens with one attached hydrogen (secondary N) is 1. The maximum Gasteiger partial charge on any atom is 0.261 e. The molecule has 6 heteroatoms. The smallest absolute Gasteiger partial charge is 0.261 e. The van der Waals surface area contributed by atoms with Crippen LogP contribution >= 0.6 is 0 Å². The SMILES string of the molecule is Cc1ccccc1Oc1ccc(S(=O)(=O)Nc2ccccc2F)cc1. The van der Waals surface area contributed by atoms with E-state index in [2.05, 4.69) is 4.72 Å². The third kappa shape index (κ3) is 3.97. The van der Waals surface area contributed by atoms with Gasteiger partial charge in [-0.1, -0.05) is 30.3 Å². The van der Waals surface area contributed by atoms with Crippen LogP contribution in [0.15, 0.2) is 77.7 Å². The Morgan fingerprint density at radius 1 is 0.880 bits per heavy atom. The number of rotatable bonds is 5. The molecule has 3 aromatic carbocycles. The van der Waals surface area contributed by atoms with Gasteiger partial charge in [0.15, 0.2) is 0 Å². The number of para-hydroxylation sites is 2. The van der Waals surface area contributed by atoms with Crippen molar-refractivity contribution in [3.8, 4) is 11.5 Å². The van der Waals surface area contributed by atoms with E-state index in [-0.39, 0.29) is 10.6 Å². The van der Waals surface area contributed by atoms with Crippen LogP contribution in [-0.4, -0.2) is 8.42 Å². The molecule has 0 saturated heterocycles. The Balaban J connectivity index is 1.80. The van der Waals surface area contributed by atoms with Crippen molar-refractivity contribution in [1.82, 2.24) is 0 Å². The van der Waals surface area contributed by atoms with Crippen LogP contribution in [0.3, 0.4) is 0 Å². The van der Waals surface area contributed by atoms with Crippen molar-refractivity contribution in [2.24, 2.45) is 0 Å². The highest BCUT2D eigenvalue weighted by Gasteiger charge is 2.16. The number of hydrogen-bond donors (Lipinski definition) is 1. The minimum atomic E-state index is -3.88. The van der Waals surface area contributed by atoms with Crippen LogP contribution in [0.2, 0.25) is 0 Å². The van der Waals surface area contributed by atoms with E-state index in [1.54, 1.807) is 18.2 Å². The zero-order chi connectivity index (χ0) is 17.9. The van der Waals surface area contributed by atoms with Crippen molar-refractivity contribution < 1.29 is 17.5 Å². The molecular weight excluding hydrogens is 341 g/mol. The van der Waals surface area contributed by atoms with Gasteiger partial charge >= 0.3 is 0 Å².